The van der Waals surface area contributed by atoms with E-state index in [2.05, 4.69) is 23.2 Å². The molecule has 4 rings (SSSR count). The second-order valence-electron chi connectivity index (χ2n) is 5.45. The minimum Gasteiger partial charge on any atom is -0.493 e. The first kappa shape index (κ1) is 12.2. The van der Waals surface area contributed by atoms with Gasteiger partial charge < -0.3 is 4.74 Å². The molecule has 1 aliphatic carbocycles. The van der Waals surface area contributed by atoms with Gasteiger partial charge in [-0.1, -0.05) is 23.7 Å². The number of hydrogen-bond acceptors (Lipinski definition) is 3. The van der Waals surface area contributed by atoms with Gasteiger partial charge in [0.15, 0.2) is 0 Å². The van der Waals surface area contributed by atoms with Crippen LogP contribution in [0, 0.1) is 0 Å². The fourth-order valence-corrected chi connectivity index (χ4v) is 2.88. The lowest BCUT2D eigenvalue weighted by Gasteiger charge is -2.20. The van der Waals surface area contributed by atoms with Crippen LogP contribution in [0.15, 0.2) is 24.3 Å². The van der Waals surface area contributed by atoms with Gasteiger partial charge in [-0.2, -0.15) is 0 Å². The van der Waals surface area contributed by atoms with Crippen LogP contribution in [0.25, 0.3) is 11.3 Å². The van der Waals surface area contributed by atoms with Crippen molar-refractivity contribution in [3.05, 3.63) is 40.8 Å². The third-order valence-electron chi connectivity index (χ3n) is 3.86. The van der Waals surface area contributed by atoms with Crippen LogP contribution in [0.1, 0.15) is 36.6 Å². The summed E-state index contributed by atoms with van der Waals surface area (Å²) in [6.45, 7) is 0.776. The summed E-state index contributed by atoms with van der Waals surface area (Å²) in [6.07, 6.45) is 4.48. The summed E-state index contributed by atoms with van der Waals surface area (Å²) in [5, 5.41) is 0.519. The molecule has 3 nitrogen and oxygen atoms in total. The van der Waals surface area contributed by atoms with E-state index >= 15 is 0 Å². The number of fused-ring (bicyclic) bond motifs is 1. The number of hydrogen-bond donors (Lipinski definition) is 0. The molecule has 0 spiro atoms. The van der Waals surface area contributed by atoms with Crippen LogP contribution in [0.5, 0.6) is 5.75 Å². The van der Waals surface area contributed by atoms with Crippen LogP contribution in [-0.2, 0) is 6.42 Å². The predicted molar refractivity (Wildman–Crippen MR) is 78.3 cm³/mol. The zero-order valence-corrected chi connectivity index (χ0v) is 11.9. The van der Waals surface area contributed by atoms with Gasteiger partial charge in [-0.15, -0.1) is 0 Å². The van der Waals surface area contributed by atoms with E-state index in [1.165, 1.54) is 18.4 Å². The molecule has 0 radical (unpaired) electrons. The van der Waals surface area contributed by atoms with E-state index in [0.29, 0.717) is 11.1 Å². The van der Waals surface area contributed by atoms with Crippen LogP contribution < -0.4 is 4.74 Å². The van der Waals surface area contributed by atoms with Crippen molar-refractivity contribution in [2.75, 3.05) is 6.61 Å². The molecular formula is C16H15ClN2O. The molecule has 1 fully saturated rings. The molecule has 2 aromatic rings. The van der Waals surface area contributed by atoms with Crippen molar-refractivity contribution in [3.8, 4) is 17.0 Å². The number of aromatic nitrogens is 2. The van der Waals surface area contributed by atoms with E-state index in [-0.39, 0.29) is 0 Å². The van der Waals surface area contributed by atoms with Gasteiger partial charge in [-0.25, -0.2) is 9.97 Å². The van der Waals surface area contributed by atoms with E-state index < -0.39 is 0 Å². The zero-order valence-electron chi connectivity index (χ0n) is 11.1. The number of aryl methyl sites for hydroxylation is 1. The van der Waals surface area contributed by atoms with Crippen LogP contribution in [0.2, 0.25) is 5.15 Å². The Morgan fingerprint density at radius 1 is 1.20 bits per heavy atom. The predicted octanol–water partition coefficient (Wildman–Crippen LogP) is 4.00. The third kappa shape index (κ3) is 2.16. The lowest BCUT2D eigenvalue weighted by molar-refractivity contribution is 0.289. The van der Waals surface area contributed by atoms with Crippen molar-refractivity contribution in [3.63, 3.8) is 0 Å². The van der Waals surface area contributed by atoms with Crippen molar-refractivity contribution in [1.29, 1.82) is 0 Å². The Balaban J connectivity index is 1.84. The van der Waals surface area contributed by atoms with Gasteiger partial charge in [0.05, 0.1) is 12.3 Å². The molecule has 1 aromatic carbocycles. The number of para-hydroxylation sites is 1. The number of rotatable bonds is 2. The van der Waals surface area contributed by atoms with Gasteiger partial charge in [-0.3, -0.25) is 0 Å². The molecule has 0 saturated heterocycles. The lowest BCUT2D eigenvalue weighted by atomic mass is 10.0. The number of halogens is 1. The van der Waals surface area contributed by atoms with Crippen molar-refractivity contribution < 1.29 is 4.74 Å². The monoisotopic (exact) mass is 286 g/mol. The molecule has 1 aliphatic heterocycles. The maximum absolute atomic E-state index is 6.16. The second-order valence-corrected chi connectivity index (χ2v) is 5.84. The molecule has 0 unspecified atom stereocenters. The molecule has 1 saturated carbocycles. The van der Waals surface area contributed by atoms with E-state index in [9.17, 15) is 0 Å². The highest BCUT2D eigenvalue weighted by Gasteiger charge is 2.28. The summed E-state index contributed by atoms with van der Waals surface area (Å²) < 4.78 is 5.86. The SMILES string of the molecule is Clc1cc(-c2cccc3c2OCCC3)nc(C2CC2)n1. The van der Waals surface area contributed by atoms with E-state index in [0.717, 1.165) is 42.3 Å². The summed E-state index contributed by atoms with van der Waals surface area (Å²) in [4.78, 5) is 9.05. The van der Waals surface area contributed by atoms with Crippen LogP contribution in [0.3, 0.4) is 0 Å². The molecule has 0 amide bonds. The molecule has 0 atom stereocenters. The molecule has 2 heterocycles. The first-order valence-electron chi connectivity index (χ1n) is 7.11. The molecule has 1 aromatic heterocycles. The average molecular weight is 287 g/mol. The van der Waals surface area contributed by atoms with Crippen molar-refractivity contribution in [2.24, 2.45) is 0 Å². The largest absolute Gasteiger partial charge is 0.493 e. The van der Waals surface area contributed by atoms with Gasteiger partial charge >= 0.3 is 0 Å². The fraction of sp³-hybridized carbons (Fsp3) is 0.375. The van der Waals surface area contributed by atoms with Crippen LogP contribution >= 0.6 is 11.6 Å². The standard InChI is InChI=1S/C16H15ClN2O/c17-14-9-13(18-16(19-14)11-6-7-11)12-5-1-3-10-4-2-8-20-15(10)12/h1,3,5,9,11H,2,4,6-8H2. The smallest absolute Gasteiger partial charge is 0.133 e. The normalized spacial score (nSPS) is 17.4. The summed E-state index contributed by atoms with van der Waals surface area (Å²) in [7, 11) is 0. The average Bonchev–Trinajstić information content (AvgIpc) is 3.30. The molecule has 0 bridgehead atoms. The highest BCUT2D eigenvalue weighted by atomic mass is 35.5. The molecular weight excluding hydrogens is 272 g/mol. The fourth-order valence-electron chi connectivity index (χ4n) is 2.69. The first-order chi connectivity index (χ1) is 9.81. The molecule has 20 heavy (non-hydrogen) atoms. The maximum Gasteiger partial charge on any atom is 0.133 e. The Labute approximate surface area is 123 Å². The Bertz CT molecular complexity index is 668. The van der Waals surface area contributed by atoms with Crippen LogP contribution in [-0.4, -0.2) is 16.6 Å². The minimum atomic E-state index is 0.493. The second kappa shape index (κ2) is 4.74. The Hall–Kier alpha value is -1.61. The highest BCUT2D eigenvalue weighted by Crippen LogP contribution is 2.41. The highest BCUT2D eigenvalue weighted by molar-refractivity contribution is 6.29. The molecule has 0 N–H and O–H groups in total. The first-order valence-corrected chi connectivity index (χ1v) is 7.48. The summed E-state index contributed by atoms with van der Waals surface area (Å²) >= 11 is 6.16. The van der Waals surface area contributed by atoms with E-state index in [1.54, 1.807) is 0 Å². The summed E-state index contributed by atoms with van der Waals surface area (Å²) in [5.74, 6) is 2.34. The lowest BCUT2D eigenvalue weighted by Crippen LogP contribution is -2.09. The van der Waals surface area contributed by atoms with Gasteiger partial charge in [0, 0.05) is 17.5 Å². The van der Waals surface area contributed by atoms with Crippen molar-refractivity contribution >= 4 is 11.6 Å². The summed E-state index contributed by atoms with van der Waals surface area (Å²) in [5.41, 5.74) is 3.18. The zero-order chi connectivity index (χ0) is 13.5. The minimum absolute atomic E-state index is 0.493. The number of ether oxygens (including phenoxy) is 1. The van der Waals surface area contributed by atoms with Gasteiger partial charge in [0.2, 0.25) is 0 Å². The van der Waals surface area contributed by atoms with Gasteiger partial charge in [-0.05, 0) is 37.3 Å². The van der Waals surface area contributed by atoms with Crippen LogP contribution in [0.4, 0.5) is 0 Å². The Morgan fingerprint density at radius 2 is 2.10 bits per heavy atom. The van der Waals surface area contributed by atoms with Crippen molar-refractivity contribution in [2.45, 2.75) is 31.6 Å². The van der Waals surface area contributed by atoms with E-state index in [4.69, 9.17) is 21.3 Å². The maximum atomic E-state index is 6.16. The van der Waals surface area contributed by atoms with E-state index in [1.807, 2.05) is 6.07 Å². The Kier molecular flexibility index (Phi) is 2.88. The quantitative estimate of drug-likeness (QED) is 0.783. The summed E-state index contributed by atoms with van der Waals surface area (Å²) in [6, 6.07) is 8.08. The number of benzene rings is 1. The van der Waals surface area contributed by atoms with Gasteiger partial charge in [0.1, 0.15) is 16.7 Å². The molecule has 2 aliphatic rings. The molecule has 4 heteroatoms. The molecule has 102 valence electrons. The Morgan fingerprint density at radius 3 is 2.95 bits per heavy atom. The third-order valence-corrected chi connectivity index (χ3v) is 4.06. The topological polar surface area (TPSA) is 35.0 Å². The van der Waals surface area contributed by atoms with Crippen molar-refractivity contribution in [1.82, 2.24) is 9.97 Å². The number of nitrogens with zero attached hydrogens (tertiary/aromatic N) is 2. The van der Waals surface area contributed by atoms with Gasteiger partial charge in [0.25, 0.3) is 0 Å².